The van der Waals surface area contributed by atoms with Gasteiger partial charge in [0.1, 0.15) is 5.69 Å². The van der Waals surface area contributed by atoms with Gasteiger partial charge in [0.15, 0.2) is 0 Å². The van der Waals surface area contributed by atoms with Crippen LogP contribution in [0.3, 0.4) is 0 Å². The number of hydrogen-bond donors (Lipinski definition) is 1. The third kappa shape index (κ3) is 2.72. The van der Waals surface area contributed by atoms with E-state index in [2.05, 4.69) is 39.3 Å². The van der Waals surface area contributed by atoms with E-state index in [1.807, 2.05) is 12.1 Å². The van der Waals surface area contributed by atoms with E-state index in [9.17, 15) is 4.79 Å². The second-order valence-corrected chi connectivity index (χ2v) is 5.27. The summed E-state index contributed by atoms with van der Waals surface area (Å²) in [6.07, 6.45) is 2.99. The van der Waals surface area contributed by atoms with Gasteiger partial charge in [0.2, 0.25) is 0 Å². The number of benzene rings is 1. The van der Waals surface area contributed by atoms with Crippen molar-refractivity contribution in [2.75, 3.05) is 6.54 Å². The summed E-state index contributed by atoms with van der Waals surface area (Å²) in [5, 5.41) is 5.90. The summed E-state index contributed by atoms with van der Waals surface area (Å²) in [5.74, 6) is -0.0939. The van der Waals surface area contributed by atoms with Crippen molar-refractivity contribution in [2.24, 2.45) is 0 Å². The smallest absolute Gasteiger partial charge is 0.270 e. The fraction of sp³-hybridized carbons (Fsp3) is 0.200. The topological polar surface area (TPSA) is 46.9 Å². The summed E-state index contributed by atoms with van der Waals surface area (Å²) >= 11 is 1.43. The molecule has 2 heterocycles. The molecule has 0 aliphatic rings. The molecule has 0 atom stereocenters. The number of nitrogens with one attached hydrogen (secondary N) is 1. The molecule has 0 aliphatic carbocycles. The number of carbonyl (C=O) groups is 1. The largest absolute Gasteiger partial charge is 0.351 e. The molecule has 0 fully saturated rings. The van der Waals surface area contributed by atoms with Crippen molar-refractivity contribution >= 4 is 28.1 Å². The molecule has 2 aromatic heterocycles. The van der Waals surface area contributed by atoms with E-state index < -0.39 is 0 Å². The fourth-order valence-corrected chi connectivity index (χ4v) is 2.73. The van der Waals surface area contributed by atoms with Crippen LogP contribution in [0.15, 0.2) is 47.4 Å². The van der Waals surface area contributed by atoms with Gasteiger partial charge in [0, 0.05) is 30.2 Å². The molecule has 1 N–H and O–H groups in total. The normalized spacial score (nSPS) is 10.8. The number of amides is 1. The highest BCUT2D eigenvalue weighted by atomic mass is 32.1. The molecule has 3 rings (SSSR count). The Balaban J connectivity index is 1.52. The van der Waals surface area contributed by atoms with Gasteiger partial charge in [0.05, 0.1) is 5.51 Å². The van der Waals surface area contributed by atoms with Crippen molar-refractivity contribution in [1.82, 2.24) is 14.9 Å². The average molecular weight is 285 g/mol. The number of rotatable bonds is 5. The minimum absolute atomic E-state index is 0.0939. The molecule has 4 nitrogen and oxygen atoms in total. The van der Waals surface area contributed by atoms with Crippen LogP contribution in [0.1, 0.15) is 16.9 Å². The maximum Gasteiger partial charge on any atom is 0.270 e. The maximum absolute atomic E-state index is 11.7. The van der Waals surface area contributed by atoms with Crippen molar-refractivity contribution in [3.8, 4) is 0 Å². The monoisotopic (exact) mass is 285 g/mol. The number of hydrogen-bond acceptors (Lipinski definition) is 3. The van der Waals surface area contributed by atoms with Crippen LogP contribution in [-0.2, 0) is 6.54 Å². The third-order valence-corrected chi connectivity index (χ3v) is 3.79. The zero-order chi connectivity index (χ0) is 13.8. The Morgan fingerprint density at radius 2 is 2.20 bits per heavy atom. The number of nitrogens with zero attached hydrogens (tertiary/aromatic N) is 2. The number of para-hydroxylation sites is 1. The molecule has 20 heavy (non-hydrogen) atoms. The molecule has 102 valence electrons. The first-order valence-electron chi connectivity index (χ1n) is 6.55. The molecule has 0 saturated carbocycles. The molecule has 0 spiro atoms. The van der Waals surface area contributed by atoms with Gasteiger partial charge in [-0.25, -0.2) is 4.98 Å². The lowest BCUT2D eigenvalue weighted by atomic mass is 10.2. The van der Waals surface area contributed by atoms with Crippen LogP contribution < -0.4 is 5.32 Å². The van der Waals surface area contributed by atoms with E-state index >= 15 is 0 Å². The molecule has 1 amide bonds. The maximum atomic E-state index is 11.7. The predicted octanol–water partition coefficient (Wildman–Crippen LogP) is 2.92. The van der Waals surface area contributed by atoms with E-state index in [0.29, 0.717) is 12.2 Å². The fourth-order valence-electron chi connectivity index (χ4n) is 2.20. The van der Waals surface area contributed by atoms with Crippen molar-refractivity contribution in [3.05, 3.63) is 53.1 Å². The molecule has 3 aromatic rings. The lowest BCUT2D eigenvalue weighted by molar-refractivity contribution is 0.0948. The van der Waals surface area contributed by atoms with Crippen LogP contribution in [0.25, 0.3) is 10.9 Å². The van der Waals surface area contributed by atoms with Crippen LogP contribution in [0.2, 0.25) is 0 Å². The van der Waals surface area contributed by atoms with E-state index in [1.54, 1.807) is 10.9 Å². The Kier molecular flexibility index (Phi) is 3.78. The SMILES string of the molecule is O=C(NCCCn1ccc2ccccc21)c1cscn1. The highest BCUT2D eigenvalue weighted by Crippen LogP contribution is 2.15. The summed E-state index contributed by atoms with van der Waals surface area (Å²) in [7, 11) is 0. The molecule has 0 unspecified atom stereocenters. The van der Waals surface area contributed by atoms with Crippen LogP contribution >= 0.6 is 11.3 Å². The van der Waals surface area contributed by atoms with Gasteiger partial charge in [-0.05, 0) is 23.9 Å². The Hall–Kier alpha value is -2.14. The summed E-state index contributed by atoms with van der Waals surface area (Å²) in [6, 6.07) is 10.4. The Morgan fingerprint density at radius 3 is 3.05 bits per heavy atom. The van der Waals surface area contributed by atoms with Gasteiger partial charge in [0.25, 0.3) is 5.91 Å². The third-order valence-electron chi connectivity index (χ3n) is 3.21. The summed E-state index contributed by atoms with van der Waals surface area (Å²) in [5.41, 5.74) is 3.40. The van der Waals surface area contributed by atoms with Gasteiger partial charge < -0.3 is 9.88 Å². The Labute approximate surface area is 121 Å². The second kappa shape index (κ2) is 5.88. The van der Waals surface area contributed by atoms with Gasteiger partial charge in [-0.15, -0.1) is 11.3 Å². The molecule has 0 aliphatic heterocycles. The Bertz CT molecular complexity index is 703. The molecule has 1 aromatic carbocycles. The van der Waals surface area contributed by atoms with Gasteiger partial charge >= 0.3 is 0 Å². The number of fused-ring (bicyclic) bond motifs is 1. The molecule has 0 radical (unpaired) electrons. The first-order valence-corrected chi connectivity index (χ1v) is 7.49. The lowest BCUT2D eigenvalue weighted by Gasteiger charge is -2.06. The number of aromatic nitrogens is 2. The summed E-state index contributed by atoms with van der Waals surface area (Å²) in [4.78, 5) is 15.7. The van der Waals surface area contributed by atoms with Crippen LogP contribution in [0.5, 0.6) is 0 Å². The van der Waals surface area contributed by atoms with Crippen LogP contribution in [-0.4, -0.2) is 22.0 Å². The van der Waals surface area contributed by atoms with Gasteiger partial charge in [-0.3, -0.25) is 4.79 Å². The van der Waals surface area contributed by atoms with Crippen molar-refractivity contribution < 1.29 is 4.79 Å². The van der Waals surface area contributed by atoms with Crippen LogP contribution in [0.4, 0.5) is 0 Å². The second-order valence-electron chi connectivity index (χ2n) is 4.55. The van der Waals surface area contributed by atoms with E-state index in [1.165, 1.54) is 22.2 Å². The first-order chi connectivity index (χ1) is 9.84. The first kappa shape index (κ1) is 12.9. The zero-order valence-electron chi connectivity index (χ0n) is 11.0. The number of aryl methyl sites for hydroxylation is 1. The Morgan fingerprint density at radius 1 is 1.30 bits per heavy atom. The zero-order valence-corrected chi connectivity index (χ0v) is 11.8. The van der Waals surface area contributed by atoms with Crippen molar-refractivity contribution in [2.45, 2.75) is 13.0 Å². The van der Waals surface area contributed by atoms with Gasteiger partial charge in [-0.2, -0.15) is 0 Å². The molecule has 0 bridgehead atoms. The highest BCUT2D eigenvalue weighted by molar-refractivity contribution is 7.07. The van der Waals surface area contributed by atoms with Crippen molar-refractivity contribution in [3.63, 3.8) is 0 Å². The summed E-state index contributed by atoms with van der Waals surface area (Å²) < 4.78 is 2.21. The minimum Gasteiger partial charge on any atom is -0.351 e. The average Bonchev–Trinajstić information content (AvgIpc) is 3.13. The minimum atomic E-state index is -0.0939. The molecule has 5 heteroatoms. The van der Waals surface area contributed by atoms with Gasteiger partial charge in [-0.1, -0.05) is 18.2 Å². The van der Waals surface area contributed by atoms with E-state index in [0.717, 1.165) is 13.0 Å². The predicted molar refractivity (Wildman–Crippen MR) is 81.0 cm³/mol. The van der Waals surface area contributed by atoms with E-state index in [-0.39, 0.29) is 5.91 Å². The van der Waals surface area contributed by atoms with Crippen LogP contribution in [0, 0.1) is 0 Å². The lowest BCUT2D eigenvalue weighted by Crippen LogP contribution is -2.25. The quantitative estimate of drug-likeness (QED) is 0.733. The van der Waals surface area contributed by atoms with E-state index in [4.69, 9.17) is 0 Å². The molecule has 0 saturated heterocycles. The number of thiazole rings is 1. The molecular formula is C15H15N3OS. The number of carbonyl (C=O) groups excluding carboxylic acids is 1. The molecular weight excluding hydrogens is 270 g/mol. The standard InChI is InChI=1S/C15H15N3OS/c19-15(13-10-20-11-17-13)16-7-3-8-18-9-6-12-4-1-2-5-14(12)18/h1-2,4-6,9-11H,3,7-8H2,(H,16,19). The summed E-state index contributed by atoms with van der Waals surface area (Å²) in [6.45, 7) is 1.55. The van der Waals surface area contributed by atoms with Crippen molar-refractivity contribution in [1.29, 1.82) is 0 Å². The highest BCUT2D eigenvalue weighted by Gasteiger charge is 2.06.